The SMILES string of the molecule is c1ccc2c(c1)cc(-c1c3ccccc3c(-c3ccc(-c4ccc5oc6ccccc6c5c4)c4oc5ccccc5c34)c3ccccc13)c1ccccc12. The van der Waals surface area contributed by atoms with Crippen LogP contribution in [0.1, 0.15) is 0 Å². The number of hydrogen-bond donors (Lipinski definition) is 0. The Bertz CT molecular complexity index is 3450. The van der Waals surface area contributed by atoms with E-state index in [4.69, 9.17) is 8.83 Å². The van der Waals surface area contributed by atoms with Gasteiger partial charge in [-0.2, -0.15) is 0 Å². The van der Waals surface area contributed by atoms with Gasteiger partial charge in [-0.05, 0) is 107 Å². The van der Waals surface area contributed by atoms with Gasteiger partial charge in [0.05, 0.1) is 0 Å². The Hall–Kier alpha value is -7.16. The first kappa shape index (κ1) is 29.4. The highest BCUT2D eigenvalue weighted by atomic mass is 16.3. The molecule has 2 heteroatoms. The predicted octanol–water partition coefficient (Wildman–Crippen LogP) is 15.1. The molecule has 250 valence electrons. The Morgan fingerprint density at radius 1 is 0.278 bits per heavy atom. The smallest absolute Gasteiger partial charge is 0.143 e. The third-order valence-electron chi connectivity index (χ3n) is 11.5. The molecule has 0 aliphatic rings. The largest absolute Gasteiger partial charge is 0.456 e. The molecule has 0 aliphatic carbocycles. The molecule has 10 aromatic carbocycles. The zero-order valence-electron chi connectivity index (χ0n) is 29.1. The fourth-order valence-electron chi connectivity index (χ4n) is 9.13. The average Bonchev–Trinajstić information content (AvgIpc) is 3.81. The van der Waals surface area contributed by atoms with Gasteiger partial charge in [0.1, 0.15) is 22.3 Å². The molecule has 2 heterocycles. The molecule has 2 nitrogen and oxygen atoms in total. The second kappa shape index (κ2) is 11.2. The van der Waals surface area contributed by atoms with Crippen LogP contribution in [0.15, 0.2) is 191 Å². The normalized spacial score (nSPS) is 12.1. The molecular weight excluding hydrogens is 657 g/mol. The molecule has 0 fully saturated rings. The van der Waals surface area contributed by atoms with E-state index in [0.29, 0.717) is 0 Å². The first-order chi connectivity index (χ1) is 26.8. The number of fused-ring (bicyclic) bond motifs is 11. The van der Waals surface area contributed by atoms with Crippen molar-refractivity contribution in [2.45, 2.75) is 0 Å². The third kappa shape index (κ3) is 4.11. The minimum absolute atomic E-state index is 0.879. The number of rotatable bonds is 3. The zero-order valence-corrected chi connectivity index (χ0v) is 29.1. The lowest BCUT2D eigenvalue weighted by atomic mass is 9.82. The Balaban J connectivity index is 1.19. The molecule has 0 saturated heterocycles. The third-order valence-corrected chi connectivity index (χ3v) is 11.5. The Labute approximate surface area is 310 Å². The molecule has 0 radical (unpaired) electrons. The van der Waals surface area contributed by atoms with Gasteiger partial charge >= 0.3 is 0 Å². The zero-order chi connectivity index (χ0) is 35.3. The number of para-hydroxylation sites is 2. The molecule has 0 aliphatic heterocycles. The molecule has 54 heavy (non-hydrogen) atoms. The lowest BCUT2D eigenvalue weighted by Gasteiger charge is -2.20. The van der Waals surface area contributed by atoms with E-state index in [1.807, 2.05) is 12.1 Å². The van der Waals surface area contributed by atoms with Gasteiger partial charge in [-0.25, -0.2) is 0 Å². The van der Waals surface area contributed by atoms with Gasteiger partial charge in [0.2, 0.25) is 0 Å². The van der Waals surface area contributed by atoms with Crippen LogP contribution in [0.3, 0.4) is 0 Å². The summed E-state index contributed by atoms with van der Waals surface area (Å²) in [6.45, 7) is 0. The van der Waals surface area contributed by atoms with E-state index in [0.717, 1.165) is 60.6 Å². The van der Waals surface area contributed by atoms with E-state index in [9.17, 15) is 0 Å². The van der Waals surface area contributed by atoms with Crippen molar-refractivity contribution in [3.63, 3.8) is 0 Å². The van der Waals surface area contributed by atoms with Crippen molar-refractivity contribution >= 4 is 87.0 Å². The minimum Gasteiger partial charge on any atom is -0.456 e. The summed E-state index contributed by atoms with van der Waals surface area (Å²) in [5, 5.41) is 14.4. The van der Waals surface area contributed by atoms with Crippen molar-refractivity contribution in [2.24, 2.45) is 0 Å². The first-order valence-electron chi connectivity index (χ1n) is 18.5. The molecule has 0 N–H and O–H groups in total. The molecule has 0 unspecified atom stereocenters. The molecule has 0 atom stereocenters. The molecule has 0 spiro atoms. The summed E-state index contributed by atoms with van der Waals surface area (Å²) in [7, 11) is 0. The van der Waals surface area contributed by atoms with Crippen LogP contribution in [-0.4, -0.2) is 0 Å². The Morgan fingerprint density at radius 2 is 0.778 bits per heavy atom. The van der Waals surface area contributed by atoms with Gasteiger partial charge in [0.25, 0.3) is 0 Å². The van der Waals surface area contributed by atoms with Crippen LogP contribution in [0.5, 0.6) is 0 Å². The van der Waals surface area contributed by atoms with Crippen molar-refractivity contribution in [2.75, 3.05) is 0 Å². The lowest BCUT2D eigenvalue weighted by molar-refractivity contribution is 0.668. The first-order valence-corrected chi connectivity index (χ1v) is 18.5. The number of furan rings is 2. The van der Waals surface area contributed by atoms with Crippen LogP contribution in [0.4, 0.5) is 0 Å². The van der Waals surface area contributed by atoms with Crippen LogP contribution in [0.25, 0.3) is 120 Å². The highest BCUT2D eigenvalue weighted by molar-refractivity contribution is 6.29. The van der Waals surface area contributed by atoms with E-state index >= 15 is 0 Å². The van der Waals surface area contributed by atoms with Gasteiger partial charge < -0.3 is 8.83 Å². The summed E-state index contributed by atoms with van der Waals surface area (Å²) in [6.07, 6.45) is 0. The molecule has 2 aromatic heterocycles. The predicted molar refractivity (Wildman–Crippen MR) is 227 cm³/mol. The van der Waals surface area contributed by atoms with Crippen LogP contribution >= 0.6 is 0 Å². The van der Waals surface area contributed by atoms with E-state index in [1.165, 1.54) is 59.8 Å². The van der Waals surface area contributed by atoms with E-state index in [-0.39, 0.29) is 0 Å². The van der Waals surface area contributed by atoms with Crippen molar-refractivity contribution in [1.82, 2.24) is 0 Å². The lowest BCUT2D eigenvalue weighted by Crippen LogP contribution is -1.93. The summed E-state index contributed by atoms with van der Waals surface area (Å²) in [4.78, 5) is 0. The average molecular weight is 687 g/mol. The van der Waals surface area contributed by atoms with Crippen molar-refractivity contribution in [3.8, 4) is 33.4 Å². The molecule has 0 saturated carbocycles. The van der Waals surface area contributed by atoms with E-state index in [1.54, 1.807) is 0 Å². The van der Waals surface area contributed by atoms with E-state index in [2.05, 4.69) is 170 Å². The molecule has 12 aromatic rings. The number of benzene rings is 10. The summed E-state index contributed by atoms with van der Waals surface area (Å²) < 4.78 is 13.1. The molecule has 12 rings (SSSR count). The van der Waals surface area contributed by atoms with E-state index < -0.39 is 0 Å². The van der Waals surface area contributed by atoms with Crippen LogP contribution in [-0.2, 0) is 0 Å². The maximum Gasteiger partial charge on any atom is 0.143 e. The van der Waals surface area contributed by atoms with Crippen LogP contribution in [0, 0.1) is 0 Å². The highest BCUT2D eigenvalue weighted by Crippen LogP contribution is 2.50. The monoisotopic (exact) mass is 686 g/mol. The quantitative estimate of drug-likeness (QED) is 0.137. The fourth-order valence-corrected chi connectivity index (χ4v) is 9.13. The van der Waals surface area contributed by atoms with Crippen molar-refractivity contribution < 1.29 is 8.83 Å². The Morgan fingerprint density at radius 3 is 1.48 bits per heavy atom. The van der Waals surface area contributed by atoms with Crippen LogP contribution in [0.2, 0.25) is 0 Å². The molecule has 0 bridgehead atoms. The maximum atomic E-state index is 6.86. The van der Waals surface area contributed by atoms with Gasteiger partial charge in [0, 0.05) is 27.1 Å². The van der Waals surface area contributed by atoms with Gasteiger partial charge in [-0.1, -0.05) is 146 Å². The molecular formula is C52H30O2. The van der Waals surface area contributed by atoms with Crippen molar-refractivity contribution in [3.05, 3.63) is 182 Å². The van der Waals surface area contributed by atoms with Gasteiger partial charge in [-0.15, -0.1) is 0 Å². The topological polar surface area (TPSA) is 26.3 Å². The van der Waals surface area contributed by atoms with Gasteiger partial charge in [0.15, 0.2) is 0 Å². The second-order valence-electron chi connectivity index (χ2n) is 14.3. The summed E-state index contributed by atoms with van der Waals surface area (Å²) in [5.41, 5.74) is 10.6. The summed E-state index contributed by atoms with van der Waals surface area (Å²) in [6, 6.07) is 65.6. The standard InChI is InChI=1S/C52H30O2/c1-2-14-33-31(13-1)30-45(36-16-4-3-15-35(33)36)50-40-20-7-5-18-38(40)49(39-19-6-8-21-41(39)50)43-27-26-34(52-51(43)42-22-10-12-24-47(42)54-52)32-25-28-48-44(29-32)37-17-9-11-23-46(37)53-48/h1-30H. The minimum atomic E-state index is 0.879. The fraction of sp³-hybridized carbons (Fsp3) is 0. The maximum absolute atomic E-state index is 6.86. The number of hydrogen-bond acceptors (Lipinski definition) is 2. The van der Waals surface area contributed by atoms with Crippen LogP contribution < -0.4 is 0 Å². The van der Waals surface area contributed by atoms with Gasteiger partial charge in [-0.3, -0.25) is 0 Å². The second-order valence-corrected chi connectivity index (χ2v) is 14.3. The summed E-state index contributed by atoms with van der Waals surface area (Å²) >= 11 is 0. The van der Waals surface area contributed by atoms with Crippen molar-refractivity contribution in [1.29, 1.82) is 0 Å². The summed E-state index contributed by atoms with van der Waals surface area (Å²) in [5.74, 6) is 0. The Kier molecular flexibility index (Phi) is 6.09. The highest BCUT2D eigenvalue weighted by Gasteiger charge is 2.23. The molecule has 0 amide bonds.